The standard InChI is InChI=1S/C12H18O3S/c1-8(13)5-9-6-10(14-2)7-11(16-4)12(9)15-3/h6-8,13H,5H2,1-4H3. The summed E-state index contributed by atoms with van der Waals surface area (Å²) in [5.41, 5.74) is 0.973. The van der Waals surface area contributed by atoms with Crippen molar-refractivity contribution in [3.63, 3.8) is 0 Å². The molecule has 0 heterocycles. The van der Waals surface area contributed by atoms with E-state index in [4.69, 9.17) is 9.47 Å². The quantitative estimate of drug-likeness (QED) is 0.804. The summed E-state index contributed by atoms with van der Waals surface area (Å²) in [5.74, 6) is 1.62. The van der Waals surface area contributed by atoms with E-state index in [1.165, 1.54) is 0 Å². The fourth-order valence-electron chi connectivity index (χ4n) is 1.60. The minimum atomic E-state index is -0.393. The van der Waals surface area contributed by atoms with Gasteiger partial charge in [-0.3, -0.25) is 0 Å². The molecule has 0 aromatic heterocycles. The second-order valence-corrected chi connectivity index (χ2v) is 4.42. The summed E-state index contributed by atoms with van der Waals surface area (Å²) >= 11 is 1.60. The minimum Gasteiger partial charge on any atom is -0.497 e. The molecule has 0 amide bonds. The van der Waals surface area contributed by atoms with Crippen LogP contribution in [0.5, 0.6) is 11.5 Å². The highest BCUT2D eigenvalue weighted by molar-refractivity contribution is 7.98. The Morgan fingerprint density at radius 2 is 2.00 bits per heavy atom. The summed E-state index contributed by atoms with van der Waals surface area (Å²) in [4.78, 5) is 1.03. The Kier molecular flexibility index (Phi) is 4.96. The minimum absolute atomic E-state index is 0.393. The fraction of sp³-hybridized carbons (Fsp3) is 0.500. The molecule has 1 unspecified atom stereocenters. The van der Waals surface area contributed by atoms with Crippen LogP contribution in [0.15, 0.2) is 17.0 Å². The molecule has 0 aliphatic rings. The summed E-state index contributed by atoms with van der Waals surface area (Å²) in [6.07, 6.45) is 2.16. The lowest BCUT2D eigenvalue weighted by atomic mass is 10.1. The van der Waals surface area contributed by atoms with Crippen LogP contribution in [0.4, 0.5) is 0 Å². The third-order valence-corrected chi connectivity index (χ3v) is 3.02. The normalized spacial score (nSPS) is 12.3. The summed E-state index contributed by atoms with van der Waals surface area (Å²) in [6.45, 7) is 1.76. The van der Waals surface area contributed by atoms with Gasteiger partial charge in [0.1, 0.15) is 11.5 Å². The van der Waals surface area contributed by atoms with E-state index in [0.29, 0.717) is 6.42 Å². The van der Waals surface area contributed by atoms with Crippen molar-refractivity contribution >= 4 is 11.8 Å². The first-order chi connectivity index (χ1) is 7.62. The number of benzene rings is 1. The van der Waals surface area contributed by atoms with Crippen LogP contribution in [0.2, 0.25) is 0 Å². The molecule has 0 aliphatic heterocycles. The van der Waals surface area contributed by atoms with Crippen LogP contribution in [-0.2, 0) is 6.42 Å². The zero-order valence-corrected chi connectivity index (χ0v) is 10.9. The Morgan fingerprint density at radius 3 is 2.44 bits per heavy atom. The first-order valence-electron chi connectivity index (χ1n) is 5.09. The second-order valence-electron chi connectivity index (χ2n) is 3.58. The molecule has 0 saturated carbocycles. The van der Waals surface area contributed by atoms with E-state index in [9.17, 15) is 5.11 Å². The van der Waals surface area contributed by atoms with E-state index < -0.39 is 6.10 Å². The maximum Gasteiger partial charge on any atom is 0.135 e. The van der Waals surface area contributed by atoms with Gasteiger partial charge in [0.05, 0.1) is 25.2 Å². The molecule has 90 valence electrons. The van der Waals surface area contributed by atoms with Gasteiger partial charge >= 0.3 is 0 Å². The van der Waals surface area contributed by atoms with Crippen molar-refractivity contribution in [3.05, 3.63) is 17.7 Å². The topological polar surface area (TPSA) is 38.7 Å². The molecule has 0 radical (unpaired) electrons. The summed E-state index contributed by atoms with van der Waals surface area (Å²) in [7, 11) is 3.28. The monoisotopic (exact) mass is 242 g/mol. The molecule has 1 N–H and O–H groups in total. The highest BCUT2D eigenvalue weighted by Crippen LogP contribution is 2.35. The van der Waals surface area contributed by atoms with Crippen molar-refractivity contribution in [2.24, 2.45) is 0 Å². The number of hydrogen-bond donors (Lipinski definition) is 1. The van der Waals surface area contributed by atoms with E-state index in [1.54, 1.807) is 32.9 Å². The largest absolute Gasteiger partial charge is 0.497 e. The molecule has 0 fully saturated rings. The van der Waals surface area contributed by atoms with E-state index in [0.717, 1.165) is 22.0 Å². The van der Waals surface area contributed by atoms with Gasteiger partial charge in [-0.15, -0.1) is 11.8 Å². The van der Waals surface area contributed by atoms with Gasteiger partial charge in [0, 0.05) is 12.0 Å². The fourth-order valence-corrected chi connectivity index (χ4v) is 2.24. The Balaban J connectivity index is 3.19. The molecule has 1 aromatic carbocycles. The van der Waals surface area contributed by atoms with Crippen molar-refractivity contribution in [2.75, 3.05) is 20.5 Å². The van der Waals surface area contributed by atoms with Crippen LogP contribution < -0.4 is 9.47 Å². The SMILES string of the molecule is COc1cc(CC(C)O)c(OC)c(SC)c1. The third-order valence-electron chi connectivity index (χ3n) is 2.28. The predicted octanol–water partition coefficient (Wildman–Crippen LogP) is 2.35. The van der Waals surface area contributed by atoms with Crippen LogP contribution >= 0.6 is 11.8 Å². The lowest BCUT2D eigenvalue weighted by Crippen LogP contribution is -2.06. The Morgan fingerprint density at radius 1 is 1.31 bits per heavy atom. The van der Waals surface area contributed by atoms with E-state index in [1.807, 2.05) is 18.4 Å². The number of methoxy groups -OCH3 is 2. The lowest BCUT2D eigenvalue weighted by Gasteiger charge is -2.15. The van der Waals surface area contributed by atoms with Crippen LogP contribution in [0.3, 0.4) is 0 Å². The van der Waals surface area contributed by atoms with Gasteiger partial charge in [-0.1, -0.05) is 0 Å². The molecule has 1 aromatic rings. The Labute approximate surface area is 101 Å². The Bertz CT molecular complexity index is 350. The van der Waals surface area contributed by atoms with Crippen molar-refractivity contribution < 1.29 is 14.6 Å². The average Bonchev–Trinajstić information content (AvgIpc) is 2.27. The average molecular weight is 242 g/mol. The number of hydrogen-bond acceptors (Lipinski definition) is 4. The van der Waals surface area contributed by atoms with E-state index in [-0.39, 0.29) is 0 Å². The molecule has 4 heteroatoms. The molecule has 3 nitrogen and oxygen atoms in total. The van der Waals surface area contributed by atoms with Crippen LogP contribution in [0, 0.1) is 0 Å². The van der Waals surface area contributed by atoms with Gasteiger partial charge in [-0.25, -0.2) is 0 Å². The zero-order chi connectivity index (χ0) is 12.1. The Hall–Kier alpha value is -0.870. The third kappa shape index (κ3) is 3.06. The van der Waals surface area contributed by atoms with Crippen molar-refractivity contribution in [3.8, 4) is 11.5 Å². The molecule has 0 bridgehead atoms. The lowest BCUT2D eigenvalue weighted by molar-refractivity contribution is 0.194. The maximum atomic E-state index is 9.45. The highest BCUT2D eigenvalue weighted by Gasteiger charge is 2.13. The first-order valence-corrected chi connectivity index (χ1v) is 6.31. The molecule has 0 spiro atoms. The first kappa shape index (κ1) is 13.2. The number of aliphatic hydroxyl groups is 1. The van der Waals surface area contributed by atoms with Crippen LogP contribution in [-0.4, -0.2) is 31.7 Å². The van der Waals surface area contributed by atoms with Crippen molar-refractivity contribution in [2.45, 2.75) is 24.3 Å². The number of aliphatic hydroxyl groups excluding tert-OH is 1. The van der Waals surface area contributed by atoms with Gasteiger partial charge < -0.3 is 14.6 Å². The maximum absolute atomic E-state index is 9.45. The van der Waals surface area contributed by atoms with Crippen molar-refractivity contribution in [1.29, 1.82) is 0 Å². The van der Waals surface area contributed by atoms with Crippen molar-refractivity contribution in [1.82, 2.24) is 0 Å². The van der Waals surface area contributed by atoms with E-state index >= 15 is 0 Å². The predicted molar refractivity (Wildman–Crippen MR) is 66.7 cm³/mol. The molecular weight excluding hydrogens is 224 g/mol. The molecule has 0 aliphatic carbocycles. The van der Waals surface area contributed by atoms with Gasteiger partial charge in [-0.2, -0.15) is 0 Å². The second kappa shape index (κ2) is 6.01. The molecular formula is C12H18O3S. The highest BCUT2D eigenvalue weighted by atomic mass is 32.2. The number of thioether (sulfide) groups is 1. The van der Waals surface area contributed by atoms with Gasteiger partial charge in [0.25, 0.3) is 0 Å². The molecule has 0 saturated heterocycles. The smallest absolute Gasteiger partial charge is 0.135 e. The summed E-state index contributed by atoms with van der Waals surface area (Å²) in [5, 5.41) is 9.45. The summed E-state index contributed by atoms with van der Waals surface area (Å²) in [6, 6.07) is 3.85. The number of ether oxygens (including phenoxy) is 2. The van der Waals surface area contributed by atoms with Gasteiger partial charge in [0.2, 0.25) is 0 Å². The molecule has 1 atom stereocenters. The summed E-state index contributed by atoms with van der Waals surface area (Å²) < 4.78 is 10.6. The van der Waals surface area contributed by atoms with Crippen LogP contribution in [0.25, 0.3) is 0 Å². The van der Waals surface area contributed by atoms with E-state index in [2.05, 4.69) is 0 Å². The number of rotatable bonds is 5. The zero-order valence-electron chi connectivity index (χ0n) is 10.1. The van der Waals surface area contributed by atoms with Crippen LogP contribution in [0.1, 0.15) is 12.5 Å². The molecule has 1 rings (SSSR count). The van der Waals surface area contributed by atoms with Gasteiger partial charge in [0.15, 0.2) is 0 Å². The molecule has 16 heavy (non-hydrogen) atoms. The van der Waals surface area contributed by atoms with Gasteiger partial charge in [-0.05, 0) is 25.3 Å².